The molecular formula is C25H22N2O7. The van der Waals surface area contributed by atoms with E-state index in [0.717, 1.165) is 5.56 Å². The monoisotopic (exact) mass is 462 g/mol. The molecule has 0 aromatic heterocycles. The van der Waals surface area contributed by atoms with Gasteiger partial charge in [-0.2, -0.15) is 0 Å². The highest BCUT2D eigenvalue weighted by Crippen LogP contribution is 2.32. The Morgan fingerprint density at radius 3 is 2.41 bits per heavy atom. The lowest BCUT2D eigenvalue weighted by atomic mass is 10.1. The number of nitrogens with one attached hydrogen (secondary N) is 2. The summed E-state index contributed by atoms with van der Waals surface area (Å²) in [4.78, 5) is 36.7. The molecule has 1 aliphatic rings. The molecule has 4 rings (SSSR count). The molecule has 0 unspecified atom stereocenters. The fraction of sp³-hybridized carbons (Fsp3) is 0.160. The number of rotatable bonds is 7. The van der Waals surface area contributed by atoms with E-state index in [-0.39, 0.29) is 37.5 Å². The molecule has 174 valence electrons. The first-order chi connectivity index (χ1) is 16.5. The Morgan fingerprint density at radius 1 is 0.882 bits per heavy atom. The van der Waals surface area contributed by atoms with E-state index in [1.165, 1.54) is 24.3 Å². The van der Waals surface area contributed by atoms with Crippen molar-refractivity contribution in [3.63, 3.8) is 0 Å². The van der Waals surface area contributed by atoms with E-state index >= 15 is 0 Å². The van der Waals surface area contributed by atoms with Crippen molar-refractivity contribution in [3.05, 3.63) is 83.4 Å². The molecule has 0 saturated carbocycles. The third kappa shape index (κ3) is 5.44. The van der Waals surface area contributed by atoms with E-state index in [1.54, 1.807) is 37.3 Å². The van der Waals surface area contributed by atoms with Gasteiger partial charge in [0.25, 0.3) is 11.8 Å². The van der Waals surface area contributed by atoms with Gasteiger partial charge in [0.1, 0.15) is 5.75 Å². The van der Waals surface area contributed by atoms with Gasteiger partial charge in [0.2, 0.25) is 6.79 Å². The minimum atomic E-state index is -0.809. The lowest BCUT2D eigenvalue weighted by molar-refractivity contribution is 0.0949. The largest absolute Gasteiger partial charge is 0.513 e. The average Bonchev–Trinajstić information content (AvgIpc) is 3.32. The van der Waals surface area contributed by atoms with Crippen LogP contribution in [0.3, 0.4) is 0 Å². The second-order valence-electron chi connectivity index (χ2n) is 7.17. The van der Waals surface area contributed by atoms with Crippen molar-refractivity contribution in [1.82, 2.24) is 5.32 Å². The standard InChI is InChI=1S/C25H22N2O7/c1-2-31-25(30)34-19-10-7-16(8-11-19)24(29)27-20-6-4-3-5-18(20)14-26-23(28)17-9-12-21-22(13-17)33-15-32-21/h3-13H,2,14-15H2,1H3,(H,26,28)(H,27,29). The zero-order valence-electron chi connectivity index (χ0n) is 18.3. The first-order valence-electron chi connectivity index (χ1n) is 10.5. The molecule has 0 radical (unpaired) electrons. The molecule has 0 bridgehead atoms. The maximum absolute atomic E-state index is 12.7. The highest BCUT2D eigenvalue weighted by molar-refractivity contribution is 6.04. The SMILES string of the molecule is CCOC(=O)Oc1ccc(C(=O)Nc2ccccc2CNC(=O)c2ccc3c(c2)OCO3)cc1. The molecule has 1 heterocycles. The van der Waals surface area contributed by atoms with Crippen molar-refractivity contribution in [2.75, 3.05) is 18.7 Å². The van der Waals surface area contributed by atoms with Crippen LogP contribution in [0.1, 0.15) is 33.2 Å². The lowest BCUT2D eigenvalue weighted by Gasteiger charge is -2.12. The first kappa shape index (κ1) is 22.7. The van der Waals surface area contributed by atoms with Crippen molar-refractivity contribution in [2.45, 2.75) is 13.5 Å². The van der Waals surface area contributed by atoms with Gasteiger partial charge >= 0.3 is 6.16 Å². The number of benzene rings is 3. The summed E-state index contributed by atoms with van der Waals surface area (Å²) in [6.45, 7) is 2.22. The summed E-state index contributed by atoms with van der Waals surface area (Å²) in [5.74, 6) is 0.763. The van der Waals surface area contributed by atoms with E-state index < -0.39 is 6.16 Å². The molecule has 2 N–H and O–H groups in total. The van der Waals surface area contributed by atoms with Crippen LogP contribution in [0.4, 0.5) is 10.5 Å². The van der Waals surface area contributed by atoms with E-state index in [1.807, 2.05) is 12.1 Å². The Kier molecular flexibility index (Phi) is 6.92. The summed E-state index contributed by atoms with van der Waals surface area (Å²) in [5.41, 5.74) is 2.10. The zero-order valence-corrected chi connectivity index (χ0v) is 18.3. The Hall–Kier alpha value is -4.53. The van der Waals surface area contributed by atoms with Crippen LogP contribution in [0, 0.1) is 0 Å². The summed E-state index contributed by atoms with van der Waals surface area (Å²) < 4.78 is 20.3. The third-order valence-electron chi connectivity index (χ3n) is 4.92. The second kappa shape index (κ2) is 10.4. The molecule has 3 aromatic carbocycles. The van der Waals surface area contributed by atoms with Gasteiger partial charge in [-0.1, -0.05) is 18.2 Å². The predicted molar refractivity (Wildman–Crippen MR) is 122 cm³/mol. The summed E-state index contributed by atoms with van der Waals surface area (Å²) in [6.07, 6.45) is -0.809. The number of para-hydroxylation sites is 1. The van der Waals surface area contributed by atoms with Gasteiger partial charge in [0, 0.05) is 23.4 Å². The number of anilines is 1. The number of ether oxygens (including phenoxy) is 4. The molecule has 3 aromatic rings. The quantitative estimate of drug-likeness (QED) is 0.401. The van der Waals surface area contributed by atoms with Crippen molar-refractivity contribution in [1.29, 1.82) is 0 Å². The molecule has 0 saturated heterocycles. The topological polar surface area (TPSA) is 112 Å². The van der Waals surface area contributed by atoms with E-state index in [4.69, 9.17) is 18.9 Å². The maximum Gasteiger partial charge on any atom is 0.513 e. The summed E-state index contributed by atoms with van der Waals surface area (Å²) in [6, 6.07) is 18.2. The highest BCUT2D eigenvalue weighted by Gasteiger charge is 2.17. The minimum absolute atomic E-state index is 0.134. The highest BCUT2D eigenvalue weighted by atomic mass is 16.7. The molecule has 0 spiro atoms. The second-order valence-corrected chi connectivity index (χ2v) is 7.17. The lowest BCUT2D eigenvalue weighted by Crippen LogP contribution is -2.24. The van der Waals surface area contributed by atoms with Crippen molar-refractivity contribution >= 4 is 23.7 Å². The summed E-state index contributed by atoms with van der Waals surface area (Å²) in [7, 11) is 0. The van der Waals surface area contributed by atoms with Crippen LogP contribution in [0.25, 0.3) is 0 Å². The van der Waals surface area contributed by atoms with E-state index in [9.17, 15) is 14.4 Å². The van der Waals surface area contributed by atoms with Gasteiger partial charge in [-0.3, -0.25) is 9.59 Å². The van der Waals surface area contributed by atoms with Crippen molar-refractivity contribution < 1.29 is 33.3 Å². The normalized spacial score (nSPS) is 11.4. The van der Waals surface area contributed by atoms with Gasteiger partial charge in [-0.15, -0.1) is 0 Å². The number of hydrogen-bond donors (Lipinski definition) is 2. The van der Waals surface area contributed by atoms with Gasteiger partial charge in [-0.25, -0.2) is 4.79 Å². The molecule has 9 heteroatoms. The van der Waals surface area contributed by atoms with Crippen LogP contribution in [-0.2, 0) is 11.3 Å². The van der Waals surface area contributed by atoms with Crippen LogP contribution in [0.15, 0.2) is 66.7 Å². The summed E-state index contributed by atoms with van der Waals surface area (Å²) >= 11 is 0. The molecular weight excluding hydrogens is 440 g/mol. The molecule has 2 amide bonds. The zero-order chi connectivity index (χ0) is 23.9. The number of fused-ring (bicyclic) bond motifs is 1. The Labute approximate surface area is 195 Å². The average molecular weight is 462 g/mol. The van der Waals surface area contributed by atoms with E-state index in [0.29, 0.717) is 28.3 Å². The molecule has 1 aliphatic heterocycles. The van der Waals surface area contributed by atoms with Crippen molar-refractivity contribution in [3.8, 4) is 17.2 Å². The third-order valence-corrected chi connectivity index (χ3v) is 4.92. The smallest absolute Gasteiger partial charge is 0.454 e. The van der Waals surface area contributed by atoms with Crippen molar-refractivity contribution in [2.24, 2.45) is 0 Å². The first-order valence-corrected chi connectivity index (χ1v) is 10.5. The van der Waals surface area contributed by atoms with Gasteiger partial charge < -0.3 is 29.6 Å². The van der Waals surface area contributed by atoms with Crippen LogP contribution in [-0.4, -0.2) is 31.4 Å². The number of carbonyl (C=O) groups excluding carboxylic acids is 3. The predicted octanol–water partition coefficient (Wildman–Crippen LogP) is 4.13. The Bertz CT molecular complexity index is 1210. The Morgan fingerprint density at radius 2 is 1.62 bits per heavy atom. The van der Waals surface area contributed by atoms with Gasteiger partial charge in [-0.05, 0) is 61.0 Å². The molecule has 0 aliphatic carbocycles. The number of hydrogen-bond acceptors (Lipinski definition) is 7. The van der Waals surface area contributed by atoms with Gasteiger partial charge in [0.05, 0.1) is 6.61 Å². The number of carbonyl (C=O) groups is 3. The van der Waals surface area contributed by atoms with Crippen LogP contribution in [0.5, 0.6) is 17.2 Å². The Balaban J connectivity index is 1.38. The molecule has 0 fully saturated rings. The molecule has 9 nitrogen and oxygen atoms in total. The minimum Gasteiger partial charge on any atom is -0.454 e. The van der Waals surface area contributed by atoms with Gasteiger partial charge in [0.15, 0.2) is 11.5 Å². The van der Waals surface area contributed by atoms with Crippen LogP contribution >= 0.6 is 0 Å². The van der Waals surface area contributed by atoms with E-state index in [2.05, 4.69) is 10.6 Å². The van der Waals surface area contributed by atoms with Crippen LogP contribution < -0.4 is 24.8 Å². The molecule has 0 atom stereocenters. The fourth-order valence-electron chi connectivity index (χ4n) is 3.22. The summed E-state index contributed by atoms with van der Waals surface area (Å²) in [5, 5.41) is 5.69. The number of amides is 2. The molecule has 34 heavy (non-hydrogen) atoms. The maximum atomic E-state index is 12.7. The van der Waals surface area contributed by atoms with Crippen LogP contribution in [0.2, 0.25) is 0 Å². The fourth-order valence-corrected chi connectivity index (χ4v) is 3.22.